The summed E-state index contributed by atoms with van der Waals surface area (Å²) in [5, 5.41) is 15.4. The molecule has 13 heteroatoms. The summed E-state index contributed by atoms with van der Waals surface area (Å²) < 4.78 is 15.4. The van der Waals surface area contributed by atoms with Crippen molar-refractivity contribution >= 4 is 59.0 Å². The van der Waals surface area contributed by atoms with E-state index >= 15 is 4.39 Å². The van der Waals surface area contributed by atoms with Crippen molar-refractivity contribution in [2.75, 3.05) is 36.8 Å². The van der Waals surface area contributed by atoms with Gasteiger partial charge in [0.2, 0.25) is 5.91 Å². The van der Waals surface area contributed by atoms with Gasteiger partial charge in [0.25, 0.3) is 11.8 Å². The van der Waals surface area contributed by atoms with E-state index in [9.17, 15) is 19.2 Å². The number of hydrogen-bond acceptors (Lipinski definition) is 7. The maximum Gasteiger partial charge on any atom is 0.335 e. The van der Waals surface area contributed by atoms with Gasteiger partial charge in [-0.2, -0.15) is 0 Å². The average Bonchev–Trinajstić information content (AvgIpc) is 3.49. The summed E-state index contributed by atoms with van der Waals surface area (Å²) in [4.78, 5) is 56.1. The van der Waals surface area contributed by atoms with Gasteiger partial charge in [0.05, 0.1) is 17.7 Å². The number of aromatic carboxylic acids is 1. The molecular weight excluding hydrogens is 692 g/mol. The van der Waals surface area contributed by atoms with Gasteiger partial charge in [0, 0.05) is 47.8 Å². The van der Waals surface area contributed by atoms with E-state index in [1.54, 1.807) is 23.1 Å². The number of piperazine rings is 1. The van der Waals surface area contributed by atoms with Crippen LogP contribution in [0.2, 0.25) is 0 Å². The molecule has 2 radical (unpaired) electrons. The zero-order chi connectivity index (χ0) is 37.9. The number of nitrogens with two attached hydrogens (primary N) is 1. The number of carbonyl (C=O) groups is 4. The Labute approximate surface area is 314 Å². The molecular formula is C40H43BFN5O5S. The van der Waals surface area contributed by atoms with Crippen LogP contribution in [0.25, 0.3) is 0 Å². The van der Waals surface area contributed by atoms with Crippen LogP contribution in [0.15, 0.2) is 60.7 Å². The molecule has 3 aromatic carbocycles. The second-order valence-electron chi connectivity index (χ2n) is 14.3. The number of carboxylic acids is 1. The third-order valence-electron chi connectivity index (χ3n) is 10.1. The molecule has 5 N–H and O–H groups in total. The van der Waals surface area contributed by atoms with Crippen molar-refractivity contribution in [1.82, 2.24) is 9.80 Å². The molecule has 1 fully saturated rings. The first-order chi connectivity index (χ1) is 25.3. The fourth-order valence-corrected chi connectivity index (χ4v) is 8.48. The second-order valence-corrected chi connectivity index (χ2v) is 15.4. The van der Waals surface area contributed by atoms with Gasteiger partial charge in [-0.15, -0.1) is 11.3 Å². The van der Waals surface area contributed by atoms with Gasteiger partial charge in [-0.25, -0.2) is 9.18 Å². The van der Waals surface area contributed by atoms with E-state index in [0.717, 1.165) is 40.8 Å². The highest BCUT2D eigenvalue weighted by molar-refractivity contribution is 7.17. The number of fused-ring (bicyclic) bond motifs is 1. The highest BCUT2D eigenvalue weighted by Gasteiger charge is 2.35. The van der Waals surface area contributed by atoms with E-state index in [0.29, 0.717) is 60.7 Å². The lowest BCUT2D eigenvalue weighted by Gasteiger charge is -2.47. The van der Waals surface area contributed by atoms with Crippen molar-refractivity contribution in [2.24, 2.45) is 5.73 Å². The van der Waals surface area contributed by atoms with Gasteiger partial charge >= 0.3 is 5.97 Å². The minimum atomic E-state index is -1.02. The maximum atomic E-state index is 15.4. The summed E-state index contributed by atoms with van der Waals surface area (Å²) in [7, 11) is 6.28. The number of carboxylic acid groups (broad SMARTS) is 1. The highest BCUT2D eigenvalue weighted by atomic mass is 32.1. The zero-order valence-electron chi connectivity index (χ0n) is 30.0. The van der Waals surface area contributed by atoms with Crippen molar-refractivity contribution < 1.29 is 28.7 Å². The van der Waals surface area contributed by atoms with Gasteiger partial charge < -0.3 is 26.4 Å². The van der Waals surface area contributed by atoms with Gasteiger partial charge in [0.15, 0.2) is 0 Å². The normalized spacial score (nSPS) is 15.4. The molecule has 10 nitrogen and oxygen atoms in total. The Morgan fingerprint density at radius 3 is 2.38 bits per heavy atom. The van der Waals surface area contributed by atoms with Gasteiger partial charge in [-0.1, -0.05) is 29.7 Å². The largest absolute Gasteiger partial charge is 0.478 e. The topological polar surface area (TPSA) is 145 Å². The summed E-state index contributed by atoms with van der Waals surface area (Å²) in [6, 6.07) is 16.6. The molecule has 1 aliphatic heterocycles. The standard InChI is InChI=1S/C40H43BFN5O5S/c1-40(2)23-46(34(48)21-43)16-17-47(40)22-25-6-5-7-27(18-25)36(49)45-38-35(30-8-3-4-9-33(30)53-38)37(50)44-28-19-31(41)29(32(42)20-28)15-12-24-10-13-26(14-11-24)39(51)52/h5-7,10-11,13-14,18-20H,3-4,8-9,12,15-17,21-23,43H2,1-2H3,(H,44,50)(H,45,49)(H,51,52). The fraction of sp³-hybridized carbons (Fsp3) is 0.350. The molecule has 1 saturated heterocycles. The number of nitrogens with zero attached hydrogens (tertiary/aromatic N) is 2. The molecule has 2 heterocycles. The average molecular weight is 736 g/mol. The number of hydrogen-bond donors (Lipinski definition) is 4. The number of nitrogens with one attached hydrogen (secondary N) is 2. The van der Waals surface area contributed by atoms with Crippen molar-refractivity contribution in [3.05, 3.63) is 110 Å². The van der Waals surface area contributed by atoms with Crippen LogP contribution in [0, 0.1) is 5.82 Å². The highest BCUT2D eigenvalue weighted by Crippen LogP contribution is 2.39. The molecule has 0 saturated carbocycles. The Bertz CT molecular complexity index is 2030. The molecule has 1 aliphatic carbocycles. The molecule has 53 heavy (non-hydrogen) atoms. The predicted molar refractivity (Wildman–Crippen MR) is 206 cm³/mol. The molecule has 274 valence electrons. The lowest BCUT2D eigenvalue weighted by atomic mass is 9.86. The number of halogens is 1. The SMILES string of the molecule is [B]c1cc(NC(=O)c2c(NC(=O)c3cccc(CN4CCN(C(=O)CN)CC4(C)C)c3)sc3c2CCCC3)cc(F)c1CCc1ccc(C(=O)O)cc1. The van der Waals surface area contributed by atoms with E-state index in [-0.39, 0.29) is 47.0 Å². The summed E-state index contributed by atoms with van der Waals surface area (Å²) in [5.74, 6) is -2.43. The van der Waals surface area contributed by atoms with Crippen LogP contribution in [-0.2, 0) is 37.0 Å². The van der Waals surface area contributed by atoms with Crippen LogP contribution in [0.1, 0.15) is 84.9 Å². The van der Waals surface area contributed by atoms with Crippen molar-refractivity contribution in [3.8, 4) is 0 Å². The van der Waals surface area contributed by atoms with Crippen molar-refractivity contribution in [2.45, 2.75) is 64.5 Å². The molecule has 2 aliphatic rings. The quantitative estimate of drug-likeness (QED) is 0.160. The number of amides is 3. The molecule has 3 amide bonds. The maximum absolute atomic E-state index is 15.4. The molecule has 4 aromatic rings. The van der Waals surface area contributed by atoms with E-state index in [4.69, 9.17) is 18.7 Å². The number of anilines is 2. The third-order valence-corrected chi connectivity index (χ3v) is 11.3. The lowest BCUT2D eigenvalue weighted by Crippen LogP contribution is -2.60. The molecule has 0 bridgehead atoms. The number of aryl methyl sites for hydroxylation is 2. The van der Waals surface area contributed by atoms with E-state index < -0.39 is 17.7 Å². The monoisotopic (exact) mass is 735 g/mol. The minimum absolute atomic E-state index is 0.0128. The summed E-state index contributed by atoms with van der Waals surface area (Å²) in [6.07, 6.45) is 4.15. The predicted octanol–water partition coefficient (Wildman–Crippen LogP) is 4.93. The number of benzene rings is 3. The van der Waals surface area contributed by atoms with Crippen molar-refractivity contribution in [3.63, 3.8) is 0 Å². The summed E-state index contributed by atoms with van der Waals surface area (Å²) in [6.45, 7) is 6.59. The molecule has 0 atom stereocenters. The van der Waals surface area contributed by atoms with Crippen LogP contribution < -0.4 is 21.8 Å². The number of carbonyl (C=O) groups excluding carboxylic acids is 3. The van der Waals surface area contributed by atoms with E-state index in [1.165, 1.54) is 35.6 Å². The lowest BCUT2D eigenvalue weighted by molar-refractivity contribution is -0.134. The van der Waals surface area contributed by atoms with Crippen molar-refractivity contribution in [1.29, 1.82) is 0 Å². The summed E-state index contributed by atoms with van der Waals surface area (Å²) >= 11 is 1.40. The molecule has 1 aromatic heterocycles. The van der Waals surface area contributed by atoms with E-state index in [2.05, 4.69) is 29.4 Å². The van der Waals surface area contributed by atoms with Crippen LogP contribution in [0.4, 0.5) is 15.1 Å². The van der Waals surface area contributed by atoms with Crippen LogP contribution in [-0.4, -0.2) is 78.2 Å². The zero-order valence-corrected chi connectivity index (χ0v) is 30.8. The smallest absolute Gasteiger partial charge is 0.335 e. The number of thiophene rings is 1. The minimum Gasteiger partial charge on any atom is -0.478 e. The Hall–Kier alpha value is -4.85. The second kappa shape index (κ2) is 16.0. The Morgan fingerprint density at radius 2 is 1.68 bits per heavy atom. The Balaban J connectivity index is 1.15. The van der Waals surface area contributed by atoms with Crippen LogP contribution in [0.3, 0.4) is 0 Å². The van der Waals surface area contributed by atoms with Crippen LogP contribution in [0.5, 0.6) is 0 Å². The first-order valence-electron chi connectivity index (χ1n) is 17.8. The number of rotatable bonds is 11. The molecule has 6 rings (SSSR count). The Morgan fingerprint density at radius 1 is 0.925 bits per heavy atom. The van der Waals surface area contributed by atoms with Gasteiger partial charge in [-0.05, 0) is 111 Å². The van der Waals surface area contributed by atoms with Gasteiger partial charge in [0.1, 0.15) is 18.7 Å². The van der Waals surface area contributed by atoms with Crippen LogP contribution >= 0.6 is 11.3 Å². The molecule has 0 unspecified atom stereocenters. The summed E-state index contributed by atoms with van der Waals surface area (Å²) in [5.41, 5.74) is 9.72. The molecule has 0 spiro atoms. The first kappa shape index (κ1) is 37.9. The van der Waals surface area contributed by atoms with E-state index in [1.807, 2.05) is 18.2 Å². The fourth-order valence-electron chi connectivity index (χ4n) is 7.20. The first-order valence-corrected chi connectivity index (χ1v) is 18.6. The third kappa shape index (κ3) is 8.70. The Kier molecular flexibility index (Phi) is 11.5. The van der Waals surface area contributed by atoms with Gasteiger partial charge in [-0.3, -0.25) is 19.3 Å².